The van der Waals surface area contributed by atoms with Crippen LogP contribution in [-0.4, -0.2) is 6.04 Å². The lowest BCUT2D eigenvalue weighted by molar-refractivity contribution is 0.539. The molecule has 0 aliphatic carbocycles. The standard InChI is InChI=1S/C14H23N/c1-10(2)9-12(4)15-14-8-6-7-11(3)13(14)5/h6-8,10,12,15H,9H2,1-5H3. The summed E-state index contributed by atoms with van der Waals surface area (Å²) < 4.78 is 0. The van der Waals surface area contributed by atoms with Crippen molar-refractivity contribution in [1.82, 2.24) is 0 Å². The van der Waals surface area contributed by atoms with Crippen LogP contribution in [0, 0.1) is 19.8 Å². The molecule has 0 fully saturated rings. The Balaban J connectivity index is 2.68. The average Bonchev–Trinajstić information content (AvgIpc) is 2.11. The first-order valence-electron chi connectivity index (χ1n) is 5.83. The Kier molecular flexibility index (Phi) is 4.19. The zero-order valence-corrected chi connectivity index (χ0v) is 10.6. The molecule has 0 spiro atoms. The van der Waals surface area contributed by atoms with E-state index in [-0.39, 0.29) is 0 Å². The van der Waals surface area contributed by atoms with Crippen molar-refractivity contribution in [3.63, 3.8) is 0 Å². The van der Waals surface area contributed by atoms with Crippen molar-refractivity contribution in [2.24, 2.45) is 5.92 Å². The number of benzene rings is 1. The molecule has 0 saturated heterocycles. The zero-order valence-electron chi connectivity index (χ0n) is 10.6. The third-order valence-electron chi connectivity index (χ3n) is 2.83. The summed E-state index contributed by atoms with van der Waals surface area (Å²) in [4.78, 5) is 0. The molecule has 1 aromatic carbocycles. The minimum absolute atomic E-state index is 0.547. The second-order valence-electron chi connectivity index (χ2n) is 4.92. The van der Waals surface area contributed by atoms with Crippen molar-refractivity contribution in [3.8, 4) is 0 Å². The molecule has 15 heavy (non-hydrogen) atoms. The summed E-state index contributed by atoms with van der Waals surface area (Å²) in [6.45, 7) is 11.1. The fraction of sp³-hybridized carbons (Fsp3) is 0.571. The van der Waals surface area contributed by atoms with Gasteiger partial charge in [-0.05, 0) is 50.3 Å². The van der Waals surface area contributed by atoms with Crippen LogP contribution in [0.15, 0.2) is 18.2 Å². The van der Waals surface area contributed by atoms with Crippen LogP contribution in [0.5, 0.6) is 0 Å². The van der Waals surface area contributed by atoms with Crippen LogP contribution in [0.3, 0.4) is 0 Å². The molecule has 0 aliphatic rings. The van der Waals surface area contributed by atoms with E-state index in [0.717, 1.165) is 5.92 Å². The first kappa shape index (κ1) is 12.1. The summed E-state index contributed by atoms with van der Waals surface area (Å²) in [6.07, 6.45) is 1.22. The van der Waals surface area contributed by atoms with Gasteiger partial charge < -0.3 is 5.32 Å². The molecule has 0 saturated carbocycles. The summed E-state index contributed by atoms with van der Waals surface area (Å²) in [5.41, 5.74) is 4.01. The number of nitrogens with one attached hydrogen (secondary N) is 1. The lowest BCUT2D eigenvalue weighted by Crippen LogP contribution is -2.18. The molecule has 1 heteroatoms. The Labute approximate surface area is 93.9 Å². The summed E-state index contributed by atoms with van der Waals surface area (Å²) in [6, 6.07) is 6.99. The third-order valence-corrected chi connectivity index (χ3v) is 2.83. The second-order valence-corrected chi connectivity index (χ2v) is 4.92. The van der Waals surface area contributed by atoms with Crippen LogP contribution >= 0.6 is 0 Å². The lowest BCUT2D eigenvalue weighted by Gasteiger charge is -2.19. The molecule has 84 valence electrons. The van der Waals surface area contributed by atoms with E-state index in [1.807, 2.05) is 0 Å². The van der Waals surface area contributed by atoms with Gasteiger partial charge in [0.1, 0.15) is 0 Å². The monoisotopic (exact) mass is 205 g/mol. The predicted molar refractivity (Wildman–Crippen MR) is 68.5 cm³/mol. The molecule has 0 aromatic heterocycles. The van der Waals surface area contributed by atoms with E-state index >= 15 is 0 Å². The number of anilines is 1. The molecule has 1 rings (SSSR count). The first-order chi connectivity index (χ1) is 7.00. The van der Waals surface area contributed by atoms with Crippen molar-refractivity contribution in [2.75, 3.05) is 5.32 Å². The molecule has 0 bridgehead atoms. The lowest BCUT2D eigenvalue weighted by atomic mass is 10.0. The van der Waals surface area contributed by atoms with Gasteiger partial charge in [0.25, 0.3) is 0 Å². The Morgan fingerprint density at radius 2 is 1.80 bits per heavy atom. The van der Waals surface area contributed by atoms with Crippen molar-refractivity contribution >= 4 is 5.69 Å². The number of rotatable bonds is 4. The zero-order chi connectivity index (χ0) is 11.4. The van der Waals surface area contributed by atoms with Gasteiger partial charge >= 0.3 is 0 Å². The van der Waals surface area contributed by atoms with Gasteiger partial charge in [0, 0.05) is 11.7 Å². The Hall–Kier alpha value is -0.980. The summed E-state index contributed by atoms with van der Waals surface area (Å²) in [7, 11) is 0. The maximum Gasteiger partial charge on any atom is 0.0374 e. The van der Waals surface area contributed by atoms with Crippen LogP contribution in [-0.2, 0) is 0 Å². The number of aryl methyl sites for hydroxylation is 1. The van der Waals surface area contributed by atoms with Gasteiger partial charge in [0.2, 0.25) is 0 Å². The van der Waals surface area contributed by atoms with E-state index < -0.39 is 0 Å². The Bertz CT molecular complexity index is 315. The smallest absolute Gasteiger partial charge is 0.0374 e. The van der Waals surface area contributed by atoms with E-state index in [1.54, 1.807) is 0 Å². The quantitative estimate of drug-likeness (QED) is 0.778. The summed E-state index contributed by atoms with van der Waals surface area (Å²) >= 11 is 0. The maximum absolute atomic E-state index is 3.58. The SMILES string of the molecule is Cc1cccc(NC(C)CC(C)C)c1C. The molecule has 1 unspecified atom stereocenters. The van der Waals surface area contributed by atoms with Crippen molar-refractivity contribution < 1.29 is 0 Å². The van der Waals surface area contributed by atoms with Crippen molar-refractivity contribution in [3.05, 3.63) is 29.3 Å². The van der Waals surface area contributed by atoms with E-state index in [0.29, 0.717) is 6.04 Å². The molecule has 0 aliphatic heterocycles. The fourth-order valence-corrected chi connectivity index (χ4v) is 1.94. The Morgan fingerprint density at radius 3 is 2.40 bits per heavy atom. The van der Waals surface area contributed by atoms with Crippen LogP contribution in [0.2, 0.25) is 0 Å². The van der Waals surface area contributed by atoms with E-state index in [1.165, 1.54) is 23.2 Å². The minimum atomic E-state index is 0.547. The van der Waals surface area contributed by atoms with Crippen LogP contribution in [0.25, 0.3) is 0 Å². The van der Waals surface area contributed by atoms with Gasteiger partial charge in [-0.1, -0.05) is 26.0 Å². The van der Waals surface area contributed by atoms with Gasteiger partial charge in [-0.2, -0.15) is 0 Å². The number of hydrogen-bond acceptors (Lipinski definition) is 1. The predicted octanol–water partition coefficient (Wildman–Crippen LogP) is 4.15. The number of hydrogen-bond donors (Lipinski definition) is 1. The van der Waals surface area contributed by atoms with Crippen LogP contribution < -0.4 is 5.32 Å². The molecule has 0 heterocycles. The average molecular weight is 205 g/mol. The van der Waals surface area contributed by atoms with E-state index in [4.69, 9.17) is 0 Å². The van der Waals surface area contributed by atoms with E-state index in [2.05, 4.69) is 58.1 Å². The molecular formula is C14H23N. The van der Waals surface area contributed by atoms with Crippen LogP contribution in [0.4, 0.5) is 5.69 Å². The van der Waals surface area contributed by atoms with Crippen molar-refractivity contribution in [1.29, 1.82) is 0 Å². The van der Waals surface area contributed by atoms with Crippen molar-refractivity contribution in [2.45, 2.75) is 47.1 Å². The van der Waals surface area contributed by atoms with E-state index in [9.17, 15) is 0 Å². The van der Waals surface area contributed by atoms with Gasteiger partial charge in [-0.3, -0.25) is 0 Å². The highest BCUT2D eigenvalue weighted by Crippen LogP contribution is 2.20. The summed E-state index contributed by atoms with van der Waals surface area (Å²) in [5.74, 6) is 0.748. The topological polar surface area (TPSA) is 12.0 Å². The minimum Gasteiger partial charge on any atom is -0.382 e. The highest BCUT2D eigenvalue weighted by molar-refractivity contribution is 5.54. The highest BCUT2D eigenvalue weighted by Gasteiger charge is 2.06. The molecule has 1 atom stereocenters. The first-order valence-corrected chi connectivity index (χ1v) is 5.83. The van der Waals surface area contributed by atoms with Gasteiger partial charge in [-0.25, -0.2) is 0 Å². The summed E-state index contributed by atoms with van der Waals surface area (Å²) in [5, 5.41) is 3.58. The maximum atomic E-state index is 3.58. The molecule has 1 nitrogen and oxygen atoms in total. The molecule has 1 aromatic rings. The normalized spacial score (nSPS) is 12.9. The second kappa shape index (κ2) is 5.20. The third kappa shape index (κ3) is 3.58. The molecule has 0 radical (unpaired) electrons. The van der Waals surface area contributed by atoms with Gasteiger partial charge in [-0.15, -0.1) is 0 Å². The Morgan fingerprint density at radius 1 is 1.13 bits per heavy atom. The largest absolute Gasteiger partial charge is 0.382 e. The van der Waals surface area contributed by atoms with Gasteiger partial charge in [0.05, 0.1) is 0 Å². The molecule has 0 amide bonds. The van der Waals surface area contributed by atoms with Gasteiger partial charge in [0.15, 0.2) is 0 Å². The molecule has 1 N–H and O–H groups in total. The molecular weight excluding hydrogens is 182 g/mol. The highest BCUT2D eigenvalue weighted by atomic mass is 14.9. The fourth-order valence-electron chi connectivity index (χ4n) is 1.94. The van der Waals surface area contributed by atoms with Crippen LogP contribution in [0.1, 0.15) is 38.3 Å².